The average molecular weight is 364 g/mol. The van der Waals surface area contributed by atoms with E-state index >= 15 is 0 Å². The number of ether oxygens (including phenoxy) is 1. The van der Waals surface area contributed by atoms with Crippen molar-refractivity contribution < 1.29 is 9.53 Å². The molecule has 0 radical (unpaired) electrons. The monoisotopic (exact) mass is 364 g/mol. The molecule has 1 fully saturated rings. The van der Waals surface area contributed by atoms with Crippen LogP contribution in [0.25, 0.3) is 0 Å². The lowest BCUT2D eigenvalue weighted by atomic mass is 9.66. The predicted octanol–water partition coefficient (Wildman–Crippen LogP) is 4.79. The number of fused-ring (bicyclic) bond motifs is 2. The number of hydrogen-bond acceptors (Lipinski definition) is 3. The van der Waals surface area contributed by atoms with E-state index in [2.05, 4.69) is 29.4 Å². The van der Waals surface area contributed by atoms with Gasteiger partial charge in [-0.05, 0) is 63.6 Å². The summed E-state index contributed by atoms with van der Waals surface area (Å²) in [4.78, 5) is 17.3. The summed E-state index contributed by atoms with van der Waals surface area (Å²) >= 11 is 0. The fourth-order valence-electron chi connectivity index (χ4n) is 4.54. The number of hydrogen-bond donors (Lipinski definition) is 1. The van der Waals surface area contributed by atoms with E-state index in [4.69, 9.17) is 4.74 Å². The number of nitrogens with one attached hydrogen (secondary N) is 1. The fraction of sp³-hybridized carbons (Fsp3) is 0.478. The van der Waals surface area contributed by atoms with Crippen molar-refractivity contribution in [3.8, 4) is 5.88 Å². The molecule has 1 spiro atoms. The number of aromatic nitrogens is 1. The van der Waals surface area contributed by atoms with Gasteiger partial charge in [0.05, 0.1) is 6.61 Å². The van der Waals surface area contributed by atoms with Gasteiger partial charge in [-0.3, -0.25) is 4.79 Å². The Hall–Kier alpha value is -2.36. The molecule has 1 N–H and O–H groups in total. The summed E-state index contributed by atoms with van der Waals surface area (Å²) in [7, 11) is 0. The number of nitrogens with zero attached hydrogens (tertiary/aromatic N) is 1. The number of rotatable bonds is 3. The third-order valence-electron chi connectivity index (χ3n) is 6.48. The summed E-state index contributed by atoms with van der Waals surface area (Å²) in [6, 6.07) is 12.3. The molecular formula is C23H28N2O2. The Labute approximate surface area is 161 Å². The lowest BCUT2D eigenvalue weighted by Gasteiger charge is -2.38. The molecule has 142 valence electrons. The normalized spacial score (nSPS) is 24.9. The number of carbonyl (C=O) groups is 1. The molecule has 4 heteroatoms. The van der Waals surface area contributed by atoms with E-state index < -0.39 is 0 Å². The van der Waals surface area contributed by atoms with Crippen LogP contribution in [0.1, 0.15) is 49.4 Å². The van der Waals surface area contributed by atoms with Crippen molar-refractivity contribution in [1.29, 1.82) is 0 Å². The van der Waals surface area contributed by atoms with Crippen LogP contribution >= 0.6 is 0 Å². The van der Waals surface area contributed by atoms with Gasteiger partial charge in [0.15, 0.2) is 0 Å². The molecule has 4 rings (SSSR count). The van der Waals surface area contributed by atoms with Crippen molar-refractivity contribution in [2.75, 3.05) is 11.9 Å². The molecule has 1 aromatic carbocycles. The van der Waals surface area contributed by atoms with Crippen LogP contribution in [0, 0.1) is 25.7 Å². The van der Waals surface area contributed by atoms with E-state index in [1.54, 1.807) is 0 Å². The maximum absolute atomic E-state index is 12.7. The second-order valence-corrected chi connectivity index (χ2v) is 8.36. The van der Waals surface area contributed by atoms with Crippen LogP contribution in [0.5, 0.6) is 5.88 Å². The number of carbonyl (C=O) groups excluding carboxylic acids is 1. The minimum absolute atomic E-state index is 0.0154. The summed E-state index contributed by atoms with van der Waals surface area (Å²) < 4.78 is 5.91. The first-order chi connectivity index (χ1) is 13.0. The fourth-order valence-corrected chi connectivity index (χ4v) is 4.54. The first kappa shape index (κ1) is 18.0. The number of amides is 1. The van der Waals surface area contributed by atoms with Crippen molar-refractivity contribution in [2.24, 2.45) is 11.8 Å². The predicted molar refractivity (Wildman–Crippen MR) is 107 cm³/mol. The SMILES string of the molecule is Cc1ccc(NC(=O)[C@H](C)C2CCC3(CC2)COc2nc(C)ccc23)cc1. The Bertz CT molecular complexity index is 836. The summed E-state index contributed by atoms with van der Waals surface area (Å²) in [6.07, 6.45) is 4.24. The number of aryl methyl sites for hydroxylation is 2. The van der Waals surface area contributed by atoms with Gasteiger partial charge >= 0.3 is 0 Å². The zero-order valence-corrected chi connectivity index (χ0v) is 16.4. The summed E-state index contributed by atoms with van der Waals surface area (Å²) in [5.41, 5.74) is 4.44. The van der Waals surface area contributed by atoms with Crippen LogP contribution in [-0.4, -0.2) is 17.5 Å². The molecule has 1 aliphatic heterocycles. The second kappa shape index (κ2) is 6.99. The zero-order chi connectivity index (χ0) is 19.0. The highest BCUT2D eigenvalue weighted by Gasteiger charge is 2.45. The van der Waals surface area contributed by atoms with Crippen molar-refractivity contribution in [2.45, 2.75) is 51.9 Å². The first-order valence-electron chi connectivity index (χ1n) is 9.95. The number of pyridine rings is 1. The topological polar surface area (TPSA) is 51.2 Å². The molecule has 1 saturated carbocycles. The highest BCUT2D eigenvalue weighted by atomic mass is 16.5. The van der Waals surface area contributed by atoms with E-state index in [1.165, 1.54) is 11.1 Å². The van der Waals surface area contributed by atoms with Crippen LogP contribution in [-0.2, 0) is 10.2 Å². The molecule has 4 nitrogen and oxygen atoms in total. The maximum atomic E-state index is 12.7. The van der Waals surface area contributed by atoms with Gasteiger partial charge in [-0.2, -0.15) is 0 Å². The minimum Gasteiger partial charge on any atom is -0.476 e. The molecule has 2 aliphatic rings. The molecule has 1 atom stereocenters. The number of anilines is 1. The molecule has 2 heterocycles. The van der Waals surface area contributed by atoms with Gasteiger partial charge in [0.25, 0.3) is 0 Å². The van der Waals surface area contributed by atoms with Crippen LogP contribution in [0.3, 0.4) is 0 Å². The Kier molecular flexibility index (Phi) is 4.67. The van der Waals surface area contributed by atoms with E-state index in [9.17, 15) is 4.79 Å². The van der Waals surface area contributed by atoms with Gasteiger partial charge in [0, 0.05) is 28.3 Å². The van der Waals surface area contributed by atoms with Crippen LogP contribution < -0.4 is 10.1 Å². The molecule has 1 aromatic heterocycles. The van der Waals surface area contributed by atoms with Crippen LogP contribution in [0.2, 0.25) is 0 Å². The van der Waals surface area contributed by atoms with E-state index in [1.807, 2.05) is 38.1 Å². The third kappa shape index (κ3) is 3.45. The standard InChI is InChI=1S/C23H28N2O2/c1-15-4-7-19(8-5-15)25-21(26)17(3)18-10-12-23(13-11-18)14-27-22-20(23)9-6-16(2)24-22/h4-9,17-18H,10-14H2,1-3H3,(H,25,26)/t17-,18?,23?/m1/s1. The van der Waals surface area contributed by atoms with Gasteiger partial charge in [0.2, 0.25) is 11.8 Å². The number of benzene rings is 1. The Morgan fingerprint density at radius 3 is 2.56 bits per heavy atom. The van der Waals surface area contributed by atoms with E-state index in [0.717, 1.165) is 49.6 Å². The van der Waals surface area contributed by atoms with Gasteiger partial charge in [-0.15, -0.1) is 0 Å². The summed E-state index contributed by atoms with van der Waals surface area (Å²) in [6.45, 7) is 6.85. The smallest absolute Gasteiger partial charge is 0.227 e. The Balaban J connectivity index is 1.39. The molecule has 1 aliphatic carbocycles. The van der Waals surface area contributed by atoms with Crippen molar-refractivity contribution in [3.05, 3.63) is 53.2 Å². The average Bonchev–Trinajstić information content (AvgIpc) is 3.01. The molecular weight excluding hydrogens is 336 g/mol. The van der Waals surface area contributed by atoms with Gasteiger partial charge in [0.1, 0.15) is 0 Å². The Morgan fingerprint density at radius 1 is 1.15 bits per heavy atom. The minimum atomic E-state index is 0.0154. The van der Waals surface area contributed by atoms with Crippen molar-refractivity contribution >= 4 is 11.6 Å². The molecule has 27 heavy (non-hydrogen) atoms. The highest BCUT2D eigenvalue weighted by molar-refractivity contribution is 5.92. The quantitative estimate of drug-likeness (QED) is 0.851. The Morgan fingerprint density at radius 2 is 1.85 bits per heavy atom. The van der Waals surface area contributed by atoms with Gasteiger partial charge < -0.3 is 10.1 Å². The maximum Gasteiger partial charge on any atom is 0.227 e. The lowest BCUT2D eigenvalue weighted by Crippen LogP contribution is -2.37. The second-order valence-electron chi connectivity index (χ2n) is 8.36. The van der Waals surface area contributed by atoms with Gasteiger partial charge in [-0.25, -0.2) is 4.98 Å². The third-order valence-corrected chi connectivity index (χ3v) is 6.48. The van der Waals surface area contributed by atoms with Crippen molar-refractivity contribution in [1.82, 2.24) is 4.98 Å². The summed E-state index contributed by atoms with van der Waals surface area (Å²) in [5.74, 6) is 1.38. The van der Waals surface area contributed by atoms with Gasteiger partial charge in [-0.1, -0.05) is 30.7 Å². The largest absolute Gasteiger partial charge is 0.476 e. The molecule has 0 bridgehead atoms. The molecule has 0 saturated heterocycles. The first-order valence-corrected chi connectivity index (χ1v) is 9.95. The van der Waals surface area contributed by atoms with Crippen LogP contribution in [0.15, 0.2) is 36.4 Å². The van der Waals surface area contributed by atoms with Crippen molar-refractivity contribution in [3.63, 3.8) is 0 Å². The molecule has 2 aromatic rings. The molecule has 0 unspecified atom stereocenters. The van der Waals surface area contributed by atoms with E-state index in [0.29, 0.717) is 5.92 Å². The summed E-state index contributed by atoms with van der Waals surface area (Å²) in [5, 5.41) is 3.08. The lowest BCUT2D eigenvalue weighted by molar-refractivity contribution is -0.121. The molecule has 1 amide bonds. The van der Waals surface area contributed by atoms with E-state index in [-0.39, 0.29) is 17.2 Å². The van der Waals surface area contributed by atoms with Crippen LogP contribution in [0.4, 0.5) is 5.69 Å². The highest BCUT2D eigenvalue weighted by Crippen LogP contribution is 2.49. The zero-order valence-electron chi connectivity index (χ0n) is 16.4.